The third-order valence-electron chi connectivity index (χ3n) is 1.56. The number of hydrogen-bond acceptors (Lipinski definition) is 4. The maximum atomic E-state index is 8.50. The monoisotopic (exact) mass is 219 g/mol. The van der Waals surface area contributed by atoms with Crippen molar-refractivity contribution in [3.05, 3.63) is 29.3 Å². The Hall–Kier alpha value is -2.04. The summed E-state index contributed by atoms with van der Waals surface area (Å²) in [5.41, 5.74) is 0. The third-order valence-corrected chi connectivity index (χ3v) is 1.81. The van der Waals surface area contributed by atoms with Crippen LogP contribution in [0.15, 0.2) is 24.3 Å². The van der Waals surface area contributed by atoms with Gasteiger partial charge in [0.2, 0.25) is 11.8 Å². The molecular formula is C10H6ClN3O. The summed E-state index contributed by atoms with van der Waals surface area (Å²) in [5.74, 6) is -1.19. The van der Waals surface area contributed by atoms with Crippen LogP contribution >= 0.6 is 11.6 Å². The van der Waals surface area contributed by atoms with E-state index in [1.807, 2.05) is 0 Å². The van der Waals surface area contributed by atoms with E-state index >= 15 is 0 Å². The zero-order chi connectivity index (χ0) is 11.3. The second-order valence-electron chi connectivity index (χ2n) is 2.61. The van der Waals surface area contributed by atoms with Gasteiger partial charge in [0.25, 0.3) is 0 Å². The van der Waals surface area contributed by atoms with Crippen LogP contribution in [0, 0.1) is 34.0 Å². The van der Waals surface area contributed by atoms with Crippen LogP contribution in [0.1, 0.15) is 0 Å². The van der Waals surface area contributed by atoms with Crippen molar-refractivity contribution >= 4 is 17.5 Å². The number of nitrogens with one attached hydrogen (secondary N) is 1. The summed E-state index contributed by atoms with van der Waals surface area (Å²) in [6, 6.07) is 9.60. The molecule has 0 heterocycles. The number of nitrogens with zero attached hydrogens (tertiary/aromatic N) is 2. The fraction of sp³-hybridized carbons (Fsp3) is 0.100. The molecule has 0 saturated heterocycles. The van der Waals surface area contributed by atoms with E-state index in [9.17, 15) is 0 Å². The summed E-state index contributed by atoms with van der Waals surface area (Å²) in [5, 5.41) is 24.9. The van der Waals surface area contributed by atoms with Crippen molar-refractivity contribution in [1.82, 2.24) is 0 Å². The molecule has 0 radical (unpaired) electrons. The summed E-state index contributed by atoms with van der Waals surface area (Å²) < 4.78 is 4.99. The van der Waals surface area contributed by atoms with Crippen molar-refractivity contribution in [2.45, 2.75) is 0 Å². The molecule has 0 fully saturated rings. The number of ether oxygens (including phenoxy) is 1. The number of hydrogen-bond donors (Lipinski definition) is 1. The standard InChI is InChI=1S/C10H6ClN3O/c11-8-1-3-9(4-2-8)15-10(14)7(5-12)6-13/h1-4,7,14H. The Labute approximate surface area is 91.8 Å². The highest BCUT2D eigenvalue weighted by Gasteiger charge is 2.14. The summed E-state index contributed by atoms with van der Waals surface area (Å²) >= 11 is 5.65. The molecule has 1 aromatic rings. The molecule has 0 spiro atoms. The Morgan fingerprint density at radius 3 is 2.27 bits per heavy atom. The van der Waals surface area contributed by atoms with Gasteiger partial charge in [-0.05, 0) is 24.3 Å². The van der Waals surface area contributed by atoms with Gasteiger partial charge in [-0.1, -0.05) is 11.6 Å². The van der Waals surface area contributed by atoms with Gasteiger partial charge in [0.05, 0.1) is 12.1 Å². The topological polar surface area (TPSA) is 80.7 Å². The summed E-state index contributed by atoms with van der Waals surface area (Å²) in [4.78, 5) is 0. The van der Waals surface area contributed by atoms with E-state index in [4.69, 9.17) is 32.3 Å². The van der Waals surface area contributed by atoms with E-state index in [2.05, 4.69) is 0 Å². The lowest BCUT2D eigenvalue weighted by Gasteiger charge is -2.06. The molecule has 0 saturated carbocycles. The largest absolute Gasteiger partial charge is 0.441 e. The molecule has 5 heteroatoms. The Morgan fingerprint density at radius 2 is 1.80 bits per heavy atom. The molecule has 0 aliphatic carbocycles. The zero-order valence-corrected chi connectivity index (χ0v) is 8.32. The van der Waals surface area contributed by atoms with Gasteiger partial charge in [0.1, 0.15) is 5.75 Å². The first kappa shape index (κ1) is 11.0. The normalized spacial score (nSPS) is 9.07. The summed E-state index contributed by atoms with van der Waals surface area (Å²) in [6.07, 6.45) is 0. The van der Waals surface area contributed by atoms with Crippen molar-refractivity contribution in [3.8, 4) is 17.9 Å². The lowest BCUT2D eigenvalue weighted by Crippen LogP contribution is -2.16. The molecule has 74 valence electrons. The van der Waals surface area contributed by atoms with Crippen molar-refractivity contribution in [3.63, 3.8) is 0 Å². The highest BCUT2D eigenvalue weighted by Crippen LogP contribution is 2.16. The van der Waals surface area contributed by atoms with Crippen molar-refractivity contribution in [2.24, 2.45) is 5.92 Å². The minimum atomic E-state index is -1.18. The maximum absolute atomic E-state index is 8.50. The van der Waals surface area contributed by atoms with Gasteiger partial charge in [0.15, 0.2) is 0 Å². The Morgan fingerprint density at radius 1 is 1.27 bits per heavy atom. The average molecular weight is 220 g/mol. The van der Waals surface area contributed by atoms with Crippen LogP contribution in [-0.2, 0) is 0 Å². The van der Waals surface area contributed by atoms with Gasteiger partial charge < -0.3 is 4.74 Å². The van der Waals surface area contributed by atoms with E-state index in [-0.39, 0.29) is 5.90 Å². The second-order valence-corrected chi connectivity index (χ2v) is 3.05. The van der Waals surface area contributed by atoms with Crippen LogP contribution in [0.25, 0.3) is 0 Å². The second kappa shape index (κ2) is 4.99. The molecular weight excluding hydrogens is 214 g/mol. The van der Waals surface area contributed by atoms with Crippen LogP contribution in [-0.4, -0.2) is 5.90 Å². The van der Waals surface area contributed by atoms with E-state index in [1.54, 1.807) is 36.4 Å². The smallest absolute Gasteiger partial charge is 0.219 e. The molecule has 1 N–H and O–H groups in total. The average Bonchev–Trinajstić information content (AvgIpc) is 2.23. The van der Waals surface area contributed by atoms with Crippen molar-refractivity contribution < 1.29 is 4.74 Å². The van der Waals surface area contributed by atoms with Gasteiger partial charge in [-0.15, -0.1) is 0 Å². The lowest BCUT2D eigenvalue weighted by atomic mass is 10.2. The predicted molar refractivity (Wildman–Crippen MR) is 54.5 cm³/mol. The molecule has 1 rings (SSSR count). The number of benzene rings is 1. The highest BCUT2D eigenvalue weighted by molar-refractivity contribution is 6.30. The first-order valence-electron chi connectivity index (χ1n) is 3.98. The number of rotatable bonds is 2. The summed E-state index contributed by atoms with van der Waals surface area (Å²) in [6.45, 7) is 0. The third kappa shape index (κ3) is 2.98. The predicted octanol–water partition coefficient (Wildman–Crippen LogP) is 2.36. The maximum Gasteiger partial charge on any atom is 0.219 e. The molecule has 0 aliphatic rings. The van der Waals surface area contributed by atoms with Gasteiger partial charge >= 0.3 is 0 Å². The van der Waals surface area contributed by atoms with E-state index in [0.29, 0.717) is 10.8 Å². The molecule has 1 aromatic carbocycles. The highest BCUT2D eigenvalue weighted by atomic mass is 35.5. The van der Waals surface area contributed by atoms with Crippen LogP contribution in [0.3, 0.4) is 0 Å². The molecule has 0 aromatic heterocycles. The molecule has 0 bridgehead atoms. The van der Waals surface area contributed by atoms with Crippen LogP contribution in [0.4, 0.5) is 0 Å². The van der Waals surface area contributed by atoms with Gasteiger partial charge in [-0.2, -0.15) is 10.5 Å². The molecule has 0 amide bonds. The van der Waals surface area contributed by atoms with E-state index in [0.717, 1.165) is 0 Å². The van der Waals surface area contributed by atoms with Crippen molar-refractivity contribution in [1.29, 1.82) is 15.9 Å². The summed E-state index contributed by atoms with van der Waals surface area (Å²) in [7, 11) is 0. The Kier molecular flexibility index (Phi) is 3.68. The fourth-order valence-corrected chi connectivity index (χ4v) is 0.961. The van der Waals surface area contributed by atoms with Gasteiger partial charge in [-0.3, -0.25) is 5.41 Å². The minimum absolute atomic E-state index is 0.375. The van der Waals surface area contributed by atoms with Crippen molar-refractivity contribution in [2.75, 3.05) is 0 Å². The SMILES string of the molecule is N#CC(C#N)C(=N)Oc1ccc(Cl)cc1. The minimum Gasteiger partial charge on any atom is -0.441 e. The zero-order valence-electron chi connectivity index (χ0n) is 7.57. The molecule has 0 aliphatic heterocycles. The van der Waals surface area contributed by atoms with Gasteiger partial charge in [-0.25, -0.2) is 0 Å². The Balaban J connectivity index is 2.72. The van der Waals surface area contributed by atoms with E-state index < -0.39 is 5.92 Å². The van der Waals surface area contributed by atoms with E-state index in [1.165, 1.54) is 0 Å². The number of halogens is 1. The first-order chi connectivity index (χ1) is 7.17. The molecule has 0 atom stereocenters. The molecule has 4 nitrogen and oxygen atoms in total. The quantitative estimate of drug-likeness (QED) is 0.612. The first-order valence-corrected chi connectivity index (χ1v) is 4.36. The molecule has 0 unspecified atom stereocenters. The number of nitriles is 2. The fourth-order valence-electron chi connectivity index (χ4n) is 0.835. The Bertz CT molecular complexity index is 427. The van der Waals surface area contributed by atoms with Crippen LogP contribution in [0.2, 0.25) is 5.02 Å². The van der Waals surface area contributed by atoms with Crippen LogP contribution in [0.5, 0.6) is 5.75 Å². The lowest BCUT2D eigenvalue weighted by molar-refractivity contribution is 0.523. The molecule has 15 heavy (non-hydrogen) atoms. The van der Waals surface area contributed by atoms with Crippen LogP contribution < -0.4 is 4.74 Å². The van der Waals surface area contributed by atoms with Gasteiger partial charge in [0, 0.05) is 5.02 Å².